The zero-order chi connectivity index (χ0) is 14.8. The van der Waals surface area contributed by atoms with Crippen LogP contribution < -0.4 is 5.32 Å². The van der Waals surface area contributed by atoms with E-state index < -0.39 is 23.1 Å². The van der Waals surface area contributed by atoms with E-state index in [0.29, 0.717) is 18.0 Å². The number of rotatable bonds is 4. The van der Waals surface area contributed by atoms with E-state index in [-0.39, 0.29) is 6.54 Å². The van der Waals surface area contributed by atoms with Crippen LogP contribution in [0.4, 0.5) is 13.2 Å². The maximum atomic E-state index is 13.0. The highest BCUT2D eigenvalue weighted by Gasteiger charge is 2.31. The van der Waals surface area contributed by atoms with Crippen LogP contribution in [0.3, 0.4) is 0 Å². The minimum absolute atomic E-state index is 0.200. The van der Waals surface area contributed by atoms with E-state index in [1.807, 2.05) is 0 Å². The highest BCUT2D eigenvalue weighted by Crippen LogP contribution is 2.31. The molecule has 1 aliphatic carbocycles. The topological polar surface area (TPSA) is 32.3 Å². The van der Waals surface area contributed by atoms with E-state index in [0.717, 1.165) is 37.8 Å². The van der Waals surface area contributed by atoms with Gasteiger partial charge in [-0.05, 0) is 49.3 Å². The first-order chi connectivity index (χ1) is 9.39. The Kier molecular flexibility index (Phi) is 4.70. The van der Waals surface area contributed by atoms with E-state index in [9.17, 15) is 18.3 Å². The van der Waals surface area contributed by atoms with Crippen LogP contribution in [0.5, 0.6) is 0 Å². The van der Waals surface area contributed by atoms with E-state index in [4.69, 9.17) is 0 Å². The van der Waals surface area contributed by atoms with E-state index in [2.05, 4.69) is 12.2 Å². The fourth-order valence-corrected chi connectivity index (χ4v) is 2.63. The molecule has 0 amide bonds. The van der Waals surface area contributed by atoms with Gasteiger partial charge in [0, 0.05) is 13.1 Å². The van der Waals surface area contributed by atoms with E-state index in [1.54, 1.807) is 0 Å². The predicted octanol–water partition coefficient (Wildman–Crippen LogP) is 3.13. The molecule has 0 atom stereocenters. The number of halogens is 3. The molecule has 0 saturated heterocycles. The second-order valence-electron chi connectivity index (χ2n) is 5.88. The van der Waals surface area contributed by atoms with Gasteiger partial charge < -0.3 is 10.4 Å². The smallest absolute Gasteiger partial charge is 0.194 e. The Hall–Kier alpha value is -1.07. The normalized spacial score (nSPS) is 26.8. The third-order valence-electron chi connectivity index (χ3n) is 4.03. The van der Waals surface area contributed by atoms with Crippen molar-refractivity contribution in [3.63, 3.8) is 0 Å². The van der Waals surface area contributed by atoms with Crippen LogP contribution in [-0.4, -0.2) is 17.3 Å². The number of aliphatic hydroxyl groups is 1. The lowest BCUT2D eigenvalue weighted by molar-refractivity contribution is -0.00630. The van der Waals surface area contributed by atoms with Crippen molar-refractivity contribution in [2.24, 2.45) is 5.92 Å². The quantitative estimate of drug-likeness (QED) is 0.834. The Morgan fingerprint density at radius 2 is 1.75 bits per heavy atom. The Labute approximate surface area is 117 Å². The van der Waals surface area contributed by atoms with Crippen molar-refractivity contribution >= 4 is 0 Å². The van der Waals surface area contributed by atoms with Gasteiger partial charge in [-0.25, -0.2) is 13.2 Å². The molecule has 1 fully saturated rings. The van der Waals surface area contributed by atoms with Crippen molar-refractivity contribution in [2.45, 2.75) is 44.8 Å². The van der Waals surface area contributed by atoms with Crippen molar-refractivity contribution in [3.8, 4) is 0 Å². The monoisotopic (exact) mass is 287 g/mol. The van der Waals surface area contributed by atoms with Gasteiger partial charge in [-0.3, -0.25) is 0 Å². The summed E-state index contributed by atoms with van der Waals surface area (Å²) < 4.78 is 38.9. The SMILES string of the molecule is CC1CCC(O)(CNCc2cc(F)c(F)c(F)c2)CC1. The Bertz CT molecular complexity index is 447. The van der Waals surface area contributed by atoms with Crippen molar-refractivity contribution in [1.29, 1.82) is 0 Å². The Morgan fingerprint density at radius 1 is 1.20 bits per heavy atom. The molecule has 2 rings (SSSR count). The first-order valence-electron chi connectivity index (χ1n) is 6.96. The first kappa shape index (κ1) is 15.3. The lowest BCUT2D eigenvalue weighted by Crippen LogP contribution is -2.43. The Balaban J connectivity index is 1.87. The molecule has 1 saturated carbocycles. The standard InChI is InChI=1S/C15H20F3NO/c1-10-2-4-15(20,5-3-10)9-19-8-11-6-12(16)14(18)13(17)7-11/h6-7,10,19-20H,2-5,8-9H2,1H3. The van der Waals surface area contributed by atoms with Gasteiger partial charge in [0.05, 0.1) is 5.60 Å². The summed E-state index contributed by atoms with van der Waals surface area (Å²) in [6.45, 7) is 2.74. The molecule has 0 aliphatic heterocycles. The first-order valence-corrected chi connectivity index (χ1v) is 6.96. The molecule has 0 unspecified atom stereocenters. The molecule has 2 nitrogen and oxygen atoms in total. The summed E-state index contributed by atoms with van der Waals surface area (Å²) in [7, 11) is 0. The summed E-state index contributed by atoms with van der Waals surface area (Å²) in [6.07, 6.45) is 3.43. The van der Waals surface area contributed by atoms with Crippen LogP contribution in [0.1, 0.15) is 38.2 Å². The lowest BCUT2D eigenvalue weighted by atomic mass is 9.79. The van der Waals surface area contributed by atoms with Gasteiger partial charge in [-0.2, -0.15) is 0 Å². The maximum Gasteiger partial charge on any atom is 0.194 e. The molecular formula is C15H20F3NO. The van der Waals surface area contributed by atoms with Gasteiger partial charge in [0.2, 0.25) is 0 Å². The van der Waals surface area contributed by atoms with Crippen molar-refractivity contribution in [3.05, 3.63) is 35.1 Å². The lowest BCUT2D eigenvalue weighted by Gasteiger charge is -2.35. The summed E-state index contributed by atoms with van der Waals surface area (Å²) in [4.78, 5) is 0. The molecular weight excluding hydrogens is 267 g/mol. The van der Waals surface area contributed by atoms with Crippen molar-refractivity contribution < 1.29 is 18.3 Å². The van der Waals surface area contributed by atoms with Gasteiger partial charge in [0.25, 0.3) is 0 Å². The van der Waals surface area contributed by atoms with Crippen molar-refractivity contribution in [2.75, 3.05) is 6.54 Å². The second kappa shape index (κ2) is 6.14. The van der Waals surface area contributed by atoms with Crippen LogP contribution >= 0.6 is 0 Å². The number of nitrogens with one attached hydrogen (secondary N) is 1. The summed E-state index contributed by atoms with van der Waals surface area (Å²) in [5.41, 5.74) is -0.418. The molecule has 20 heavy (non-hydrogen) atoms. The third-order valence-corrected chi connectivity index (χ3v) is 4.03. The van der Waals surface area contributed by atoms with Crippen LogP contribution in [0.2, 0.25) is 0 Å². The number of hydrogen-bond donors (Lipinski definition) is 2. The van der Waals surface area contributed by atoms with E-state index >= 15 is 0 Å². The average Bonchev–Trinajstić information content (AvgIpc) is 2.40. The fourth-order valence-electron chi connectivity index (χ4n) is 2.63. The average molecular weight is 287 g/mol. The molecule has 0 bridgehead atoms. The molecule has 112 valence electrons. The van der Waals surface area contributed by atoms with Crippen molar-refractivity contribution in [1.82, 2.24) is 5.32 Å². The minimum Gasteiger partial charge on any atom is -0.389 e. The predicted molar refractivity (Wildman–Crippen MR) is 70.6 cm³/mol. The summed E-state index contributed by atoms with van der Waals surface area (Å²) in [5.74, 6) is -3.19. The summed E-state index contributed by atoms with van der Waals surface area (Å²) >= 11 is 0. The van der Waals surface area contributed by atoms with Crippen LogP contribution in [0.15, 0.2) is 12.1 Å². The maximum absolute atomic E-state index is 13.0. The molecule has 0 radical (unpaired) electrons. The molecule has 0 aromatic heterocycles. The zero-order valence-corrected chi connectivity index (χ0v) is 11.6. The van der Waals surface area contributed by atoms with Crippen LogP contribution in [-0.2, 0) is 6.54 Å². The van der Waals surface area contributed by atoms with Gasteiger partial charge in [-0.15, -0.1) is 0 Å². The molecule has 1 aliphatic rings. The molecule has 1 aromatic carbocycles. The molecule has 5 heteroatoms. The summed E-state index contributed by atoms with van der Waals surface area (Å²) in [5, 5.41) is 13.3. The Morgan fingerprint density at radius 3 is 2.30 bits per heavy atom. The highest BCUT2D eigenvalue weighted by atomic mass is 19.2. The van der Waals surface area contributed by atoms with Crippen LogP contribution in [0, 0.1) is 23.4 Å². The van der Waals surface area contributed by atoms with E-state index in [1.165, 1.54) is 0 Å². The molecule has 0 spiro atoms. The molecule has 1 aromatic rings. The summed E-state index contributed by atoms with van der Waals surface area (Å²) in [6, 6.07) is 1.94. The van der Waals surface area contributed by atoms with Crippen LogP contribution in [0.25, 0.3) is 0 Å². The van der Waals surface area contributed by atoms with Gasteiger partial charge in [-0.1, -0.05) is 6.92 Å². The fraction of sp³-hybridized carbons (Fsp3) is 0.600. The third kappa shape index (κ3) is 3.73. The second-order valence-corrected chi connectivity index (χ2v) is 5.88. The minimum atomic E-state index is -1.45. The number of hydrogen-bond acceptors (Lipinski definition) is 2. The highest BCUT2D eigenvalue weighted by molar-refractivity contribution is 5.19. The zero-order valence-electron chi connectivity index (χ0n) is 11.6. The van der Waals surface area contributed by atoms with Gasteiger partial charge in [0.1, 0.15) is 0 Å². The molecule has 0 heterocycles. The largest absolute Gasteiger partial charge is 0.389 e. The van der Waals surface area contributed by atoms with Gasteiger partial charge in [0.15, 0.2) is 17.5 Å². The molecule has 2 N–H and O–H groups in total. The number of benzene rings is 1. The van der Waals surface area contributed by atoms with Gasteiger partial charge >= 0.3 is 0 Å².